The molecule has 2 heterocycles. The van der Waals surface area contributed by atoms with E-state index >= 15 is 0 Å². The van der Waals surface area contributed by atoms with Crippen molar-refractivity contribution in [2.24, 2.45) is 14.1 Å². The van der Waals surface area contributed by atoms with Gasteiger partial charge in [-0.1, -0.05) is 29.4 Å². The van der Waals surface area contributed by atoms with Gasteiger partial charge in [-0.15, -0.1) is 0 Å². The molecule has 27 heavy (non-hydrogen) atoms. The van der Waals surface area contributed by atoms with Crippen molar-refractivity contribution in [3.8, 4) is 0 Å². The highest BCUT2D eigenvalue weighted by atomic mass is 35.5. The molecule has 0 aliphatic rings. The number of imidazole rings is 1. The molecular formula is C16H14ClFN4O4S. The second-order valence-electron chi connectivity index (χ2n) is 5.74. The average molecular weight is 413 g/mol. The van der Waals surface area contributed by atoms with Gasteiger partial charge < -0.3 is 9.67 Å². The van der Waals surface area contributed by atoms with Gasteiger partial charge in [-0.05, 0) is 12.1 Å². The lowest BCUT2D eigenvalue weighted by Crippen LogP contribution is -2.37. The van der Waals surface area contributed by atoms with Gasteiger partial charge in [0.1, 0.15) is 5.82 Å². The summed E-state index contributed by atoms with van der Waals surface area (Å²) in [5.41, 5.74) is -0.909. The molecule has 0 fully saturated rings. The first kappa shape index (κ1) is 19.2. The van der Waals surface area contributed by atoms with Crippen molar-refractivity contribution in [2.45, 2.75) is 11.7 Å². The minimum atomic E-state index is -1.08. The number of carboxylic acid groups (broad SMARTS) is 1. The van der Waals surface area contributed by atoms with E-state index in [4.69, 9.17) is 16.7 Å². The van der Waals surface area contributed by atoms with E-state index in [1.54, 1.807) is 0 Å². The molecule has 3 rings (SSSR count). The van der Waals surface area contributed by atoms with Crippen LogP contribution in [0.15, 0.2) is 32.9 Å². The molecule has 0 saturated carbocycles. The summed E-state index contributed by atoms with van der Waals surface area (Å²) in [6, 6.07) is 4.20. The molecule has 1 aromatic carbocycles. The van der Waals surface area contributed by atoms with Gasteiger partial charge in [-0.2, -0.15) is 0 Å². The molecule has 0 saturated heterocycles. The number of nitrogens with zero attached hydrogens (tertiary/aromatic N) is 4. The van der Waals surface area contributed by atoms with Crippen LogP contribution in [0.3, 0.4) is 0 Å². The zero-order valence-corrected chi connectivity index (χ0v) is 15.8. The highest BCUT2D eigenvalue weighted by Crippen LogP contribution is 2.26. The lowest BCUT2D eigenvalue weighted by Gasteiger charge is -2.11. The molecule has 3 aromatic rings. The number of rotatable bonds is 5. The van der Waals surface area contributed by atoms with Crippen LogP contribution < -0.4 is 11.2 Å². The third kappa shape index (κ3) is 3.37. The number of hydrogen-bond acceptors (Lipinski definition) is 5. The zero-order valence-electron chi connectivity index (χ0n) is 14.3. The van der Waals surface area contributed by atoms with E-state index in [9.17, 15) is 18.8 Å². The van der Waals surface area contributed by atoms with E-state index in [1.807, 2.05) is 0 Å². The minimum absolute atomic E-state index is 0.0619. The number of carbonyl (C=O) groups is 1. The smallest absolute Gasteiger partial charge is 0.332 e. The maximum absolute atomic E-state index is 14.3. The van der Waals surface area contributed by atoms with Crippen molar-refractivity contribution in [3.63, 3.8) is 0 Å². The second-order valence-corrected chi connectivity index (χ2v) is 7.09. The number of halogens is 2. The quantitative estimate of drug-likeness (QED) is 0.637. The lowest BCUT2D eigenvalue weighted by atomic mass is 10.2. The fourth-order valence-corrected chi connectivity index (χ4v) is 3.59. The lowest BCUT2D eigenvalue weighted by molar-refractivity contribution is -0.133. The summed E-state index contributed by atoms with van der Waals surface area (Å²) in [5.74, 6) is -1.97. The van der Waals surface area contributed by atoms with Crippen LogP contribution in [0.1, 0.15) is 5.56 Å². The van der Waals surface area contributed by atoms with Crippen LogP contribution in [-0.2, 0) is 25.4 Å². The molecule has 0 radical (unpaired) electrons. The maximum Gasteiger partial charge on any atom is 0.332 e. The fourth-order valence-electron chi connectivity index (χ4n) is 2.65. The Bertz CT molecular complexity index is 1160. The number of aryl methyl sites for hydroxylation is 1. The summed E-state index contributed by atoms with van der Waals surface area (Å²) < 4.78 is 17.7. The van der Waals surface area contributed by atoms with Gasteiger partial charge in [-0.25, -0.2) is 14.2 Å². The molecule has 0 atom stereocenters. The monoisotopic (exact) mass is 412 g/mol. The van der Waals surface area contributed by atoms with Gasteiger partial charge in [0.2, 0.25) is 0 Å². The van der Waals surface area contributed by atoms with E-state index < -0.39 is 23.0 Å². The maximum atomic E-state index is 14.3. The summed E-state index contributed by atoms with van der Waals surface area (Å²) >= 11 is 6.96. The van der Waals surface area contributed by atoms with Crippen molar-refractivity contribution in [2.75, 3.05) is 5.75 Å². The molecule has 142 valence electrons. The Hall–Kier alpha value is -2.59. The molecule has 0 bridgehead atoms. The number of hydrogen-bond donors (Lipinski definition) is 1. The number of aromatic nitrogens is 4. The van der Waals surface area contributed by atoms with Crippen LogP contribution >= 0.6 is 23.4 Å². The van der Waals surface area contributed by atoms with E-state index in [2.05, 4.69) is 4.98 Å². The predicted octanol–water partition coefficient (Wildman–Crippen LogP) is 1.45. The minimum Gasteiger partial charge on any atom is -0.481 e. The van der Waals surface area contributed by atoms with Gasteiger partial charge in [0.25, 0.3) is 5.56 Å². The highest BCUT2D eigenvalue weighted by Gasteiger charge is 2.21. The van der Waals surface area contributed by atoms with Crippen molar-refractivity contribution in [1.29, 1.82) is 0 Å². The largest absolute Gasteiger partial charge is 0.481 e. The topological polar surface area (TPSA) is 99.1 Å². The zero-order chi connectivity index (χ0) is 19.9. The molecule has 11 heteroatoms. The molecule has 0 aliphatic heterocycles. The summed E-state index contributed by atoms with van der Waals surface area (Å²) in [7, 11) is 2.77. The Labute approximate surface area is 160 Å². The van der Waals surface area contributed by atoms with Crippen LogP contribution in [0, 0.1) is 5.82 Å². The summed E-state index contributed by atoms with van der Waals surface area (Å²) in [6.07, 6.45) is 0. The van der Waals surface area contributed by atoms with Crippen molar-refractivity contribution in [1.82, 2.24) is 18.7 Å². The number of aliphatic carboxylic acids is 1. The Morgan fingerprint density at radius 1 is 1.30 bits per heavy atom. The molecule has 8 nitrogen and oxygen atoms in total. The number of benzene rings is 1. The molecule has 1 N–H and O–H groups in total. The van der Waals surface area contributed by atoms with Crippen molar-refractivity contribution >= 4 is 40.5 Å². The highest BCUT2D eigenvalue weighted by molar-refractivity contribution is 7.99. The van der Waals surface area contributed by atoms with Crippen LogP contribution in [0.4, 0.5) is 4.39 Å². The van der Waals surface area contributed by atoms with Gasteiger partial charge in [0, 0.05) is 24.7 Å². The van der Waals surface area contributed by atoms with E-state index in [0.29, 0.717) is 0 Å². The fraction of sp³-hybridized carbons (Fsp3) is 0.250. The summed E-state index contributed by atoms with van der Waals surface area (Å²) in [4.78, 5) is 40.0. The first-order valence-electron chi connectivity index (χ1n) is 7.66. The molecule has 0 unspecified atom stereocenters. The molecular weight excluding hydrogens is 399 g/mol. The van der Waals surface area contributed by atoms with E-state index in [-0.39, 0.29) is 39.2 Å². The Morgan fingerprint density at radius 2 is 2.00 bits per heavy atom. The van der Waals surface area contributed by atoms with Crippen molar-refractivity contribution in [3.05, 3.63) is 55.4 Å². The third-order valence-electron chi connectivity index (χ3n) is 4.02. The van der Waals surface area contributed by atoms with Gasteiger partial charge >= 0.3 is 11.7 Å². The number of carboxylic acids is 1. The average Bonchev–Trinajstić information content (AvgIpc) is 2.98. The van der Waals surface area contributed by atoms with Gasteiger partial charge in [-0.3, -0.25) is 18.7 Å². The van der Waals surface area contributed by atoms with Crippen molar-refractivity contribution < 1.29 is 14.3 Å². The number of fused-ring (bicyclic) bond motifs is 1. The molecule has 0 spiro atoms. The first-order chi connectivity index (χ1) is 12.7. The second kappa shape index (κ2) is 7.20. The van der Waals surface area contributed by atoms with Crippen LogP contribution in [0.25, 0.3) is 11.2 Å². The standard InChI is InChI=1S/C16H14ClFN4O4S/c1-20-13-12(14(25)21(2)16(20)26)22(15(19-13)27-7-11(23)24)6-8-9(17)4-3-5-10(8)18/h3-5H,6-7H2,1-2H3,(H,23,24). The summed E-state index contributed by atoms with van der Waals surface area (Å²) in [6.45, 7) is -0.141. The Morgan fingerprint density at radius 3 is 2.63 bits per heavy atom. The number of thioether (sulfide) groups is 1. The normalized spacial score (nSPS) is 11.3. The Kier molecular flexibility index (Phi) is 5.11. The Balaban J connectivity index is 2.30. The van der Waals surface area contributed by atoms with Crippen LogP contribution in [0.5, 0.6) is 0 Å². The molecule has 0 aliphatic carbocycles. The third-order valence-corrected chi connectivity index (χ3v) is 5.33. The van der Waals surface area contributed by atoms with E-state index in [0.717, 1.165) is 16.3 Å². The predicted molar refractivity (Wildman–Crippen MR) is 99.1 cm³/mol. The van der Waals surface area contributed by atoms with Gasteiger partial charge in [0.15, 0.2) is 16.3 Å². The first-order valence-corrected chi connectivity index (χ1v) is 9.02. The van der Waals surface area contributed by atoms with Gasteiger partial charge in [0.05, 0.1) is 12.3 Å². The molecule has 2 aromatic heterocycles. The molecule has 0 amide bonds. The van der Waals surface area contributed by atoms with E-state index in [1.165, 1.54) is 41.4 Å². The SMILES string of the molecule is Cn1c(=O)c2c(nc(SCC(=O)O)n2Cc2c(F)cccc2Cl)n(C)c1=O. The van der Waals surface area contributed by atoms with Crippen LogP contribution in [0.2, 0.25) is 5.02 Å². The summed E-state index contributed by atoms with van der Waals surface area (Å²) in [5, 5.41) is 9.29. The van der Waals surface area contributed by atoms with Crippen LogP contribution in [-0.4, -0.2) is 35.5 Å².